The lowest BCUT2D eigenvalue weighted by molar-refractivity contribution is 0.0946. The van der Waals surface area contributed by atoms with Gasteiger partial charge >= 0.3 is 5.24 Å². The van der Waals surface area contributed by atoms with Gasteiger partial charge in [0.2, 0.25) is 0 Å². The molecular formula is C18H20N2O4S. The Hall–Kier alpha value is -2.51. The summed E-state index contributed by atoms with van der Waals surface area (Å²) < 4.78 is 5.56. The van der Waals surface area contributed by atoms with Crippen LogP contribution in [0.5, 0.6) is 5.75 Å². The van der Waals surface area contributed by atoms with Crippen LogP contribution >= 0.6 is 11.8 Å². The molecule has 0 aliphatic carbocycles. The van der Waals surface area contributed by atoms with Crippen LogP contribution in [0, 0.1) is 13.8 Å². The molecule has 0 heterocycles. The fourth-order valence-corrected chi connectivity index (χ4v) is 2.67. The first-order valence-corrected chi connectivity index (χ1v) is 8.51. The van der Waals surface area contributed by atoms with Crippen molar-refractivity contribution in [2.24, 2.45) is 0 Å². The maximum absolute atomic E-state index is 12.2. The number of aryl methyl sites for hydroxylation is 2. The minimum atomic E-state index is -0.553. The molecular weight excluding hydrogens is 340 g/mol. The van der Waals surface area contributed by atoms with Crippen molar-refractivity contribution >= 4 is 22.9 Å². The lowest BCUT2D eigenvalue weighted by atomic mass is 10.1. The molecule has 3 N–H and O–H groups in total. The van der Waals surface area contributed by atoms with Gasteiger partial charge in [-0.3, -0.25) is 14.8 Å². The number of carbonyl (C=O) groups excluding carboxylic acids is 2. The summed E-state index contributed by atoms with van der Waals surface area (Å²) in [6.07, 6.45) is 0. The van der Waals surface area contributed by atoms with Gasteiger partial charge in [0.25, 0.3) is 5.91 Å². The van der Waals surface area contributed by atoms with Gasteiger partial charge in [0.05, 0.1) is 6.54 Å². The first-order chi connectivity index (χ1) is 12.0. The normalized spacial score (nSPS) is 10.2. The average molecular weight is 360 g/mol. The number of nitrogens with one attached hydrogen (secondary N) is 2. The molecule has 0 fully saturated rings. The Balaban J connectivity index is 1.78. The fraction of sp³-hybridized carbons (Fsp3) is 0.222. The van der Waals surface area contributed by atoms with Gasteiger partial charge < -0.3 is 10.1 Å². The third kappa shape index (κ3) is 5.81. The molecule has 2 aromatic carbocycles. The van der Waals surface area contributed by atoms with E-state index in [9.17, 15) is 9.59 Å². The maximum Gasteiger partial charge on any atom is 0.307 e. The fourth-order valence-electron chi connectivity index (χ4n) is 2.14. The Morgan fingerprint density at radius 2 is 1.84 bits per heavy atom. The van der Waals surface area contributed by atoms with Gasteiger partial charge in [0.15, 0.2) is 0 Å². The molecule has 0 aliphatic heterocycles. The molecule has 2 aromatic rings. The molecule has 0 unspecified atom stereocenters. The van der Waals surface area contributed by atoms with Crippen molar-refractivity contribution in [3.63, 3.8) is 0 Å². The summed E-state index contributed by atoms with van der Waals surface area (Å²) in [5.74, 6) is 0.515. The number of benzene rings is 2. The highest BCUT2D eigenvalue weighted by Crippen LogP contribution is 2.21. The van der Waals surface area contributed by atoms with Gasteiger partial charge in [0.1, 0.15) is 12.4 Å². The van der Waals surface area contributed by atoms with E-state index in [0.717, 1.165) is 22.9 Å². The largest absolute Gasteiger partial charge is 0.492 e. The molecule has 0 spiro atoms. The topological polar surface area (TPSA) is 87.7 Å². The van der Waals surface area contributed by atoms with Crippen LogP contribution in [-0.4, -0.2) is 29.5 Å². The van der Waals surface area contributed by atoms with E-state index in [1.165, 1.54) is 0 Å². The van der Waals surface area contributed by atoms with E-state index in [1.54, 1.807) is 29.7 Å². The number of hydrogen-bond acceptors (Lipinski definition) is 5. The highest BCUT2D eigenvalue weighted by atomic mass is 32.2. The van der Waals surface area contributed by atoms with Crippen LogP contribution in [0.4, 0.5) is 4.79 Å². The molecule has 0 aromatic heterocycles. The van der Waals surface area contributed by atoms with Gasteiger partial charge in [-0.25, -0.2) is 5.48 Å². The van der Waals surface area contributed by atoms with Gasteiger partial charge in [-0.15, -0.1) is 0 Å². The monoisotopic (exact) mass is 360 g/mol. The van der Waals surface area contributed by atoms with Crippen LogP contribution in [-0.2, 0) is 0 Å². The Kier molecular flexibility index (Phi) is 6.85. The lowest BCUT2D eigenvalue weighted by Gasteiger charge is -2.10. The highest BCUT2D eigenvalue weighted by molar-refractivity contribution is 8.13. The summed E-state index contributed by atoms with van der Waals surface area (Å²) in [4.78, 5) is 23.9. The minimum absolute atomic E-state index is 0.119. The van der Waals surface area contributed by atoms with Crippen molar-refractivity contribution in [1.82, 2.24) is 10.8 Å². The van der Waals surface area contributed by atoms with Gasteiger partial charge in [-0.1, -0.05) is 17.7 Å². The zero-order chi connectivity index (χ0) is 18.2. The van der Waals surface area contributed by atoms with Crippen molar-refractivity contribution in [3.05, 3.63) is 59.2 Å². The number of rotatable bonds is 6. The van der Waals surface area contributed by atoms with Crippen molar-refractivity contribution in [3.8, 4) is 5.75 Å². The highest BCUT2D eigenvalue weighted by Gasteiger charge is 2.08. The summed E-state index contributed by atoms with van der Waals surface area (Å²) in [6, 6.07) is 12.6. The molecule has 25 heavy (non-hydrogen) atoms. The zero-order valence-corrected chi connectivity index (χ0v) is 14.9. The molecule has 0 saturated heterocycles. The van der Waals surface area contributed by atoms with Crippen molar-refractivity contribution in [2.45, 2.75) is 18.7 Å². The van der Waals surface area contributed by atoms with Crippen molar-refractivity contribution in [2.75, 3.05) is 13.2 Å². The molecule has 2 rings (SSSR count). The Morgan fingerprint density at radius 3 is 2.52 bits per heavy atom. The average Bonchev–Trinajstić information content (AvgIpc) is 2.61. The second-order valence-electron chi connectivity index (χ2n) is 5.40. The van der Waals surface area contributed by atoms with Gasteiger partial charge in [0, 0.05) is 10.5 Å². The van der Waals surface area contributed by atoms with E-state index in [4.69, 9.17) is 9.94 Å². The quantitative estimate of drug-likeness (QED) is 0.318. The molecule has 132 valence electrons. The van der Waals surface area contributed by atoms with E-state index in [2.05, 4.69) is 5.32 Å². The summed E-state index contributed by atoms with van der Waals surface area (Å²) >= 11 is 0.872. The Bertz CT molecular complexity index is 747. The summed E-state index contributed by atoms with van der Waals surface area (Å²) in [5, 5.41) is 10.8. The number of hydroxylamine groups is 1. The number of hydrogen-bond donors (Lipinski definition) is 3. The molecule has 0 aliphatic rings. The van der Waals surface area contributed by atoms with E-state index in [0.29, 0.717) is 29.4 Å². The number of amides is 2. The van der Waals surface area contributed by atoms with Crippen LogP contribution in [0.3, 0.4) is 0 Å². The van der Waals surface area contributed by atoms with Crippen LogP contribution in [0.25, 0.3) is 0 Å². The third-order valence-corrected chi connectivity index (χ3v) is 4.20. The molecule has 0 radical (unpaired) electrons. The Labute approximate surface area is 150 Å². The SMILES string of the molecule is Cc1ccc(C)c(C(=O)NCCOc2ccc(SC(=O)NO)cc2)c1. The molecule has 0 saturated carbocycles. The van der Waals surface area contributed by atoms with E-state index in [1.807, 2.05) is 32.0 Å². The Morgan fingerprint density at radius 1 is 1.12 bits per heavy atom. The van der Waals surface area contributed by atoms with Crippen molar-refractivity contribution < 1.29 is 19.5 Å². The third-order valence-electron chi connectivity index (χ3n) is 3.42. The van der Waals surface area contributed by atoms with Crippen LogP contribution < -0.4 is 15.5 Å². The first kappa shape index (κ1) is 18.8. The van der Waals surface area contributed by atoms with E-state index in [-0.39, 0.29) is 5.91 Å². The molecule has 0 bridgehead atoms. The summed E-state index contributed by atoms with van der Waals surface area (Å²) in [5.41, 5.74) is 4.20. The molecule has 0 atom stereocenters. The summed E-state index contributed by atoms with van der Waals surface area (Å²) in [6.45, 7) is 4.57. The standard InChI is InChI=1S/C18H20N2O4S/c1-12-3-4-13(2)16(11-12)17(21)19-9-10-24-14-5-7-15(8-6-14)25-18(22)20-23/h3-8,11,23H,9-10H2,1-2H3,(H,19,21)(H,20,22). The number of ether oxygens (including phenoxy) is 1. The minimum Gasteiger partial charge on any atom is -0.492 e. The maximum atomic E-state index is 12.2. The van der Waals surface area contributed by atoms with E-state index < -0.39 is 5.24 Å². The number of carbonyl (C=O) groups is 2. The second kappa shape index (κ2) is 9.10. The van der Waals surface area contributed by atoms with Crippen molar-refractivity contribution in [1.29, 1.82) is 0 Å². The predicted octanol–water partition coefficient (Wildman–Crippen LogP) is 3.30. The van der Waals surface area contributed by atoms with E-state index >= 15 is 0 Å². The number of thioether (sulfide) groups is 1. The molecule has 7 heteroatoms. The zero-order valence-electron chi connectivity index (χ0n) is 14.0. The molecule has 2 amide bonds. The summed E-state index contributed by atoms with van der Waals surface area (Å²) in [7, 11) is 0. The smallest absolute Gasteiger partial charge is 0.307 e. The van der Waals surface area contributed by atoms with Crippen LogP contribution in [0.15, 0.2) is 47.4 Å². The first-order valence-electron chi connectivity index (χ1n) is 7.70. The van der Waals surface area contributed by atoms with Gasteiger partial charge in [-0.05, 0) is 61.5 Å². The predicted molar refractivity (Wildman–Crippen MR) is 96.4 cm³/mol. The van der Waals surface area contributed by atoms with Crippen LogP contribution in [0.1, 0.15) is 21.5 Å². The lowest BCUT2D eigenvalue weighted by Crippen LogP contribution is -2.28. The van der Waals surface area contributed by atoms with Gasteiger partial charge in [-0.2, -0.15) is 0 Å². The van der Waals surface area contributed by atoms with Crippen LogP contribution in [0.2, 0.25) is 0 Å². The second-order valence-corrected chi connectivity index (χ2v) is 6.44. The molecule has 6 nitrogen and oxygen atoms in total.